The first kappa shape index (κ1) is 24.6. The van der Waals surface area contributed by atoms with Gasteiger partial charge in [-0.3, -0.25) is 4.90 Å². The van der Waals surface area contributed by atoms with Crippen LogP contribution in [0.5, 0.6) is 5.75 Å². The Hall–Kier alpha value is -4.11. The van der Waals surface area contributed by atoms with E-state index in [9.17, 15) is 9.59 Å². The Kier molecular flexibility index (Phi) is 7.23. The van der Waals surface area contributed by atoms with Crippen LogP contribution in [0.2, 0.25) is 0 Å². The molecule has 2 aliphatic rings. The van der Waals surface area contributed by atoms with Crippen molar-refractivity contribution in [2.45, 2.75) is 12.1 Å². The molecule has 9 heteroatoms. The van der Waals surface area contributed by atoms with Gasteiger partial charge in [0, 0.05) is 13.1 Å². The van der Waals surface area contributed by atoms with Gasteiger partial charge in [-0.15, -0.1) is 0 Å². The molecule has 37 heavy (non-hydrogen) atoms. The van der Waals surface area contributed by atoms with Crippen molar-refractivity contribution in [3.05, 3.63) is 89.7 Å². The standard InChI is InChI=1S/C28H27FN2O6/c1-34-22-10-7-19(8-11-22)26-25(18-36-27(32)20-5-3-2-4-6-20)37-28(33)31(26)21-9-12-24(23(29)17-21)30-13-15-35-16-14-30/h2-12,17,25-26H,13-16,18H2,1H3/t25-,26+/m0/s1. The maximum Gasteiger partial charge on any atom is 0.415 e. The molecule has 0 aliphatic carbocycles. The van der Waals surface area contributed by atoms with Gasteiger partial charge >= 0.3 is 12.1 Å². The van der Waals surface area contributed by atoms with Gasteiger partial charge in [0.05, 0.1) is 37.3 Å². The quantitative estimate of drug-likeness (QED) is 0.434. The van der Waals surface area contributed by atoms with Crippen LogP contribution in [0.15, 0.2) is 72.8 Å². The minimum Gasteiger partial charge on any atom is -0.497 e. The van der Waals surface area contributed by atoms with Gasteiger partial charge in [-0.05, 0) is 48.0 Å². The van der Waals surface area contributed by atoms with Gasteiger partial charge in [-0.2, -0.15) is 0 Å². The molecular formula is C28H27FN2O6. The van der Waals surface area contributed by atoms with E-state index in [2.05, 4.69) is 0 Å². The molecule has 0 N–H and O–H groups in total. The van der Waals surface area contributed by atoms with Crippen molar-refractivity contribution in [3.8, 4) is 5.75 Å². The molecule has 3 aromatic rings. The van der Waals surface area contributed by atoms with Crippen LogP contribution in [0.4, 0.5) is 20.6 Å². The van der Waals surface area contributed by atoms with Crippen LogP contribution < -0.4 is 14.5 Å². The molecule has 192 valence electrons. The molecule has 2 heterocycles. The summed E-state index contributed by atoms with van der Waals surface area (Å²) in [4.78, 5) is 28.9. The SMILES string of the molecule is COc1ccc([C@@H]2[C@H](COC(=O)c3ccccc3)OC(=O)N2c2ccc(N3CCOCC3)c(F)c2)cc1. The fourth-order valence-electron chi connectivity index (χ4n) is 4.61. The number of benzene rings is 3. The van der Waals surface area contributed by atoms with E-state index in [1.54, 1.807) is 61.7 Å². The molecule has 8 nitrogen and oxygen atoms in total. The zero-order valence-corrected chi connectivity index (χ0v) is 20.3. The highest BCUT2D eigenvalue weighted by atomic mass is 19.1. The summed E-state index contributed by atoms with van der Waals surface area (Å²) in [5.41, 5.74) is 1.92. The Morgan fingerprint density at radius 2 is 1.76 bits per heavy atom. The third-order valence-electron chi connectivity index (χ3n) is 6.49. The molecule has 1 amide bonds. The van der Waals surface area contributed by atoms with E-state index in [1.165, 1.54) is 11.0 Å². The van der Waals surface area contributed by atoms with Crippen molar-refractivity contribution >= 4 is 23.4 Å². The van der Waals surface area contributed by atoms with E-state index in [0.29, 0.717) is 49.0 Å². The molecule has 2 aliphatic heterocycles. The minimum absolute atomic E-state index is 0.166. The van der Waals surface area contributed by atoms with Crippen LogP contribution in [0.25, 0.3) is 0 Å². The monoisotopic (exact) mass is 506 g/mol. The molecule has 5 rings (SSSR count). The maximum absolute atomic E-state index is 15.2. The Bertz CT molecular complexity index is 1250. The Balaban J connectivity index is 1.43. The summed E-state index contributed by atoms with van der Waals surface area (Å²) < 4.78 is 37.0. The molecule has 0 unspecified atom stereocenters. The number of hydrogen-bond acceptors (Lipinski definition) is 7. The Labute approximate surface area is 214 Å². The first-order valence-corrected chi connectivity index (χ1v) is 12.0. The summed E-state index contributed by atoms with van der Waals surface area (Å²) >= 11 is 0. The zero-order valence-electron chi connectivity index (χ0n) is 20.3. The second-order valence-corrected chi connectivity index (χ2v) is 8.71. The molecular weight excluding hydrogens is 479 g/mol. The lowest BCUT2D eigenvalue weighted by molar-refractivity contribution is 0.0251. The number of ether oxygens (including phenoxy) is 4. The average Bonchev–Trinajstić information content (AvgIpc) is 3.28. The topological polar surface area (TPSA) is 77.5 Å². The van der Waals surface area contributed by atoms with Crippen molar-refractivity contribution in [1.29, 1.82) is 0 Å². The molecule has 3 aromatic carbocycles. The maximum atomic E-state index is 15.2. The van der Waals surface area contributed by atoms with Crippen molar-refractivity contribution in [2.75, 3.05) is 49.8 Å². The lowest BCUT2D eigenvalue weighted by atomic mass is 10.00. The normalized spacial score (nSPS) is 19.5. The first-order valence-electron chi connectivity index (χ1n) is 12.0. The van der Waals surface area contributed by atoms with Crippen molar-refractivity contribution in [2.24, 2.45) is 0 Å². The third-order valence-corrected chi connectivity index (χ3v) is 6.49. The van der Waals surface area contributed by atoms with Crippen LogP contribution in [0, 0.1) is 5.82 Å². The summed E-state index contributed by atoms with van der Waals surface area (Å²) in [5.74, 6) is -0.322. The number of rotatable bonds is 7. The molecule has 0 aromatic heterocycles. The van der Waals surface area contributed by atoms with Gasteiger partial charge in [0.1, 0.15) is 24.2 Å². The largest absolute Gasteiger partial charge is 0.497 e. The van der Waals surface area contributed by atoms with Crippen LogP contribution in [-0.4, -0.2) is 58.2 Å². The van der Waals surface area contributed by atoms with Gasteiger partial charge in [0.2, 0.25) is 0 Å². The smallest absolute Gasteiger partial charge is 0.415 e. The number of morpholine rings is 1. The van der Waals surface area contributed by atoms with Crippen LogP contribution in [0.1, 0.15) is 22.0 Å². The highest BCUT2D eigenvalue weighted by Gasteiger charge is 2.44. The van der Waals surface area contributed by atoms with Gasteiger partial charge < -0.3 is 23.8 Å². The number of carbonyl (C=O) groups excluding carboxylic acids is 2. The molecule has 2 saturated heterocycles. The molecule has 2 atom stereocenters. The zero-order chi connectivity index (χ0) is 25.8. The molecule has 2 fully saturated rings. The van der Waals surface area contributed by atoms with Gasteiger partial charge in [0.25, 0.3) is 0 Å². The number of hydrogen-bond donors (Lipinski definition) is 0. The predicted molar refractivity (Wildman–Crippen MR) is 135 cm³/mol. The number of anilines is 2. The second-order valence-electron chi connectivity index (χ2n) is 8.71. The lowest BCUT2D eigenvalue weighted by Gasteiger charge is -2.30. The molecule has 0 bridgehead atoms. The van der Waals surface area contributed by atoms with E-state index in [0.717, 1.165) is 5.56 Å². The lowest BCUT2D eigenvalue weighted by Crippen LogP contribution is -2.37. The van der Waals surface area contributed by atoms with Crippen LogP contribution >= 0.6 is 0 Å². The number of cyclic esters (lactones) is 1. The van der Waals surface area contributed by atoms with Crippen LogP contribution in [0.3, 0.4) is 0 Å². The number of carbonyl (C=O) groups is 2. The summed E-state index contributed by atoms with van der Waals surface area (Å²) in [5, 5.41) is 0. The van der Waals surface area contributed by atoms with E-state index in [1.807, 2.05) is 17.0 Å². The molecule has 0 spiro atoms. The summed E-state index contributed by atoms with van der Waals surface area (Å²) in [6, 6.07) is 19.8. The summed E-state index contributed by atoms with van der Waals surface area (Å²) in [6.07, 6.45) is -1.46. The van der Waals surface area contributed by atoms with Crippen molar-refractivity contribution in [3.63, 3.8) is 0 Å². The second kappa shape index (κ2) is 10.9. The minimum atomic E-state index is -0.810. The van der Waals surface area contributed by atoms with E-state index in [4.69, 9.17) is 18.9 Å². The number of esters is 1. The third kappa shape index (κ3) is 5.22. The average molecular weight is 507 g/mol. The number of amides is 1. The summed E-state index contributed by atoms with van der Waals surface area (Å²) in [6.45, 7) is 2.07. The van der Waals surface area contributed by atoms with Gasteiger partial charge in [-0.1, -0.05) is 30.3 Å². The fraction of sp³-hybridized carbons (Fsp3) is 0.286. The van der Waals surface area contributed by atoms with Crippen LogP contribution in [-0.2, 0) is 14.2 Å². The summed E-state index contributed by atoms with van der Waals surface area (Å²) in [7, 11) is 1.56. The molecule has 0 radical (unpaired) electrons. The Morgan fingerprint density at radius 3 is 2.43 bits per heavy atom. The van der Waals surface area contributed by atoms with E-state index < -0.39 is 30.0 Å². The van der Waals surface area contributed by atoms with Crippen molar-refractivity contribution in [1.82, 2.24) is 0 Å². The van der Waals surface area contributed by atoms with Gasteiger partial charge in [-0.25, -0.2) is 14.0 Å². The number of methoxy groups -OCH3 is 1. The van der Waals surface area contributed by atoms with E-state index >= 15 is 4.39 Å². The Morgan fingerprint density at radius 1 is 1.03 bits per heavy atom. The first-order chi connectivity index (χ1) is 18.0. The highest BCUT2D eigenvalue weighted by Crippen LogP contribution is 2.39. The van der Waals surface area contributed by atoms with Gasteiger partial charge in [0.15, 0.2) is 6.10 Å². The highest BCUT2D eigenvalue weighted by molar-refractivity contribution is 5.92. The van der Waals surface area contributed by atoms with Crippen molar-refractivity contribution < 1.29 is 32.9 Å². The number of nitrogens with zero attached hydrogens (tertiary/aromatic N) is 2. The van der Waals surface area contributed by atoms with E-state index in [-0.39, 0.29) is 6.61 Å². The predicted octanol–water partition coefficient (Wildman–Crippen LogP) is 4.59. The number of halogens is 1. The molecule has 0 saturated carbocycles. The fourth-order valence-corrected chi connectivity index (χ4v) is 4.61.